The Hall–Kier alpha value is -2.24. The number of non-ortho nitro benzene ring substituents is 1. The topological polar surface area (TPSA) is 82.1 Å². The van der Waals surface area contributed by atoms with E-state index in [2.05, 4.69) is 10.1 Å². The molecule has 6 heteroatoms. The summed E-state index contributed by atoms with van der Waals surface area (Å²) >= 11 is 0. The summed E-state index contributed by atoms with van der Waals surface area (Å²) in [5.41, 5.74) is 0.696. The van der Waals surface area contributed by atoms with Gasteiger partial charge in [0.15, 0.2) is 6.33 Å². The number of aromatic nitrogens is 2. The molecule has 6 nitrogen and oxygen atoms in total. The Morgan fingerprint density at radius 3 is 2.50 bits per heavy atom. The summed E-state index contributed by atoms with van der Waals surface area (Å²) in [5.74, 6) is 0.347. The molecule has 0 aliphatic rings. The van der Waals surface area contributed by atoms with Gasteiger partial charge in [-0.3, -0.25) is 10.1 Å². The monoisotopic (exact) mass is 191 g/mol. The largest absolute Gasteiger partial charge is 0.334 e. The molecule has 0 saturated carbocycles. The zero-order chi connectivity index (χ0) is 9.97. The van der Waals surface area contributed by atoms with Crippen molar-refractivity contribution in [1.82, 2.24) is 10.1 Å². The van der Waals surface area contributed by atoms with E-state index in [1.54, 1.807) is 12.1 Å². The summed E-state index contributed by atoms with van der Waals surface area (Å²) in [6, 6.07) is 5.90. The molecule has 1 aromatic heterocycles. The maximum absolute atomic E-state index is 10.4. The van der Waals surface area contributed by atoms with E-state index in [0.717, 1.165) is 0 Å². The Morgan fingerprint density at radius 1 is 1.29 bits per heavy atom. The van der Waals surface area contributed by atoms with E-state index < -0.39 is 4.92 Å². The molecule has 0 aliphatic heterocycles. The van der Waals surface area contributed by atoms with E-state index in [4.69, 9.17) is 4.52 Å². The molecule has 0 saturated heterocycles. The average Bonchev–Trinajstić information content (AvgIpc) is 2.71. The molecular weight excluding hydrogens is 186 g/mol. The first kappa shape index (κ1) is 8.36. The summed E-state index contributed by atoms with van der Waals surface area (Å²) < 4.78 is 4.79. The van der Waals surface area contributed by atoms with E-state index in [1.807, 2.05) is 0 Å². The van der Waals surface area contributed by atoms with Crippen molar-refractivity contribution in [2.24, 2.45) is 0 Å². The number of rotatable bonds is 2. The molecule has 0 bridgehead atoms. The second-order valence-electron chi connectivity index (χ2n) is 2.55. The minimum absolute atomic E-state index is 0.0354. The van der Waals surface area contributed by atoms with Crippen LogP contribution in [0.3, 0.4) is 0 Å². The third kappa shape index (κ3) is 1.45. The molecule has 0 spiro atoms. The molecule has 1 aromatic carbocycles. The molecule has 0 fully saturated rings. The first-order valence-corrected chi connectivity index (χ1v) is 3.79. The molecule has 0 amide bonds. The van der Waals surface area contributed by atoms with Crippen molar-refractivity contribution in [3.8, 4) is 11.5 Å². The average molecular weight is 191 g/mol. The number of hydrogen-bond donors (Lipinski definition) is 0. The standard InChI is InChI=1S/C8H5N3O3/c12-11(13)7-3-1-6(2-4-7)8-9-5-10-14-8/h1-5H. The lowest BCUT2D eigenvalue weighted by atomic mass is 10.2. The summed E-state index contributed by atoms with van der Waals surface area (Å²) in [4.78, 5) is 13.7. The Bertz CT molecular complexity index is 435. The number of nitro groups is 1. The molecule has 70 valence electrons. The highest BCUT2D eigenvalue weighted by atomic mass is 16.6. The molecule has 0 unspecified atom stereocenters. The van der Waals surface area contributed by atoms with Crippen LogP contribution in [0.4, 0.5) is 5.69 Å². The summed E-state index contributed by atoms with van der Waals surface area (Å²) in [6.07, 6.45) is 1.27. The van der Waals surface area contributed by atoms with Crippen LogP contribution in [0.2, 0.25) is 0 Å². The van der Waals surface area contributed by atoms with Gasteiger partial charge in [0.05, 0.1) is 4.92 Å². The molecule has 0 radical (unpaired) electrons. The van der Waals surface area contributed by atoms with Gasteiger partial charge in [-0.05, 0) is 12.1 Å². The smallest absolute Gasteiger partial charge is 0.269 e. The Balaban J connectivity index is 2.36. The zero-order valence-corrected chi connectivity index (χ0v) is 6.95. The van der Waals surface area contributed by atoms with Gasteiger partial charge in [-0.2, -0.15) is 4.98 Å². The van der Waals surface area contributed by atoms with E-state index in [1.165, 1.54) is 18.5 Å². The molecule has 2 rings (SSSR count). The van der Waals surface area contributed by atoms with Gasteiger partial charge >= 0.3 is 0 Å². The highest BCUT2D eigenvalue weighted by Gasteiger charge is 2.07. The molecule has 0 N–H and O–H groups in total. The molecular formula is C8H5N3O3. The Kier molecular flexibility index (Phi) is 1.94. The Morgan fingerprint density at radius 2 is 2.00 bits per heavy atom. The van der Waals surface area contributed by atoms with Crippen molar-refractivity contribution in [3.05, 3.63) is 40.7 Å². The minimum Gasteiger partial charge on any atom is -0.334 e. The van der Waals surface area contributed by atoms with Crippen LogP contribution < -0.4 is 0 Å². The quantitative estimate of drug-likeness (QED) is 0.532. The van der Waals surface area contributed by atoms with Gasteiger partial charge in [-0.1, -0.05) is 5.16 Å². The van der Waals surface area contributed by atoms with Crippen LogP contribution >= 0.6 is 0 Å². The lowest BCUT2D eigenvalue weighted by Gasteiger charge is -1.93. The van der Waals surface area contributed by atoms with Crippen molar-refractivity contribution in [2.75, 3.05) is 0 Å². The zero-order valence-electron chi connectivity index (χ0n) is 6.95. The summed E-state index contributed by atoms with van der Waals surface area (Å²) in [7, 11) is 0. The van der Waals surface area contributed by atoms with Crippen molar-refractivity contribution >= 4 is 5.69 Å². The van der Waals surface area contributed by atoms with Crippen molar-refractivity contribution < 1.29 is 9.45 Å². The minimum atomic E-state index is -0.461. The molecule has 0 aliphatic carbocycles. The fraction of sp³-hybridized carbons (Fsp3) is 0. The first-order chi connectivity index (χ1) is 6.77. The second-order valence-corrected chi connectivity index (χ2v) is 2.55. The van der Waals surface area contributed by atoms with Crippen LogP contribution in [0.25, 0.3) is 11.5 Å². The van der Waals surface area contributed by atoms with E-state index in [9.17, 15) is 10.1 Å². The number of nitro benzene ring substituents is 1. The van der Waals surface area contributed by atoms with Gasteiger partial charge in [0, 0.05) is 17.7 Å². The molecule has 2 aromatic rings. The van der Waals surface area contributed by atoms with Crippen LogP contribution in [0, 0.1) is 10.1 Å². The lowest BCUT2D eigenvalue weighted by molar-refractivity contribution is -0.384. The van der Waals surface area contributed by atoms with Crippen LogP contribution in [-0.2, 0) is 0 Å². The normalized spacial score (nSPS) is 10.0. The first-order valence-electron chi connectivity index (χ1n) is 3.79. The van der Waals surface area contributed by atoms with E-state index >= 15 is 0 Å². The third-order valence-corrected chi connectivity index (χ3v) is 1.69. The maximum Gasteiger partial charge on any atom is 0.269 e. The Labute approximate surface area is 78.3 Å². The van der Waals surface area contributed by atoms with Gasteiger partial charge in [-0.15, -0.1) is 0 Å². The molecule has 1 heterocycles. The predicted octanol–water partition coefficient (Wildman–Crippen LogP) is 1.64. The lowest BCUT2D eigenvalue weighted by Crippen LogP contribution is -1.86. The van der Waals surface area contributed by atoms with E-state index in [0.29, 0.717) is 11.5 Å². The molecule has 0 atom stereocenters. The third-order valence-electron chi connectivity index (χ3n) is 1.69. The summed E-state index contributed by atoms with van der Waals surface area (Å²) in [5, 5.41) is 13.8. The van der Waals surface area contributed by atoms with Gasteiger partial charge in [0.25, 0.3) is 11.6 Å². The number of nitrogens with zero attached hydrogens (tertiary/aromatic N) is 3. The van der Waals surface area contributed by atoms with Gasteiger partial charge in [0.1, 0.15) is 0 Å². The highest BCUT2D eigenvalue weighted by Crippen LogP contribution is 2.19. The van der Waals surface area contributed by atoms with Gasteiger partial charge in [0.2, 0.25) is 0 Å². The predicted molar refractivity (Wildman–Crippen MR) is 46.4 cm³/mol. The van der Waals surface area contributed by atoms with Crippen LogP contribution in [0.5, 0.6) is 0 Å². The number of benzene rings is 1. The SMILES string of the molecule is O=[N+]([O-])c1ccc(-c2ncno2)cc1. The second kappa shape index (κ2) is 3.25. The van der Waals surface area contributed by atoms with Crippen molar-refractivity contribution in [3.63, 3.8) is 0 Å². The van der Waals surface area contributed by atoms with E-state index in [-0.39, 0.29) is 5.69 Å². The highest BCUT2D eigenvalue weighted by molar-refractivity contribution is 5.54. The van der Waals surface area contributed by atoms with Gasteiger partial charge < -0.3 is 4.52 Å². The van der Waals surface area contributed by atoms with Crippen molar-refractivity contribution in [1.29, 1.82) is 0 Å². The van der Waals surface area contributed by atoms with Gasteiger partial charge in [-0.25, -0.2) is 0 Å². The number of hydrogen-bond acceptors (Lipinski definition) is 5. The van der Waals surface area contributed by atoms with Crippen LogP contribution in [0.1, 0.15) is 0 Å². The summed E-state index contributed by atoms with van der Waals surface area (Å²) in [6.45, 7) is 0. The van der Waals surface area contributed by atoms with Crippen LogP contribution in [-0.4, -0.2) is 15.1 Å². The molecule has 14 heavy (non-hydrogen) atoms. The van der Waals surface area contributed by atoms with Crippen molar-refractivity contribution in [2.45, 2.75) is 0 Å². The maximum atomic E-state index is 10.4. The van der Waals surface area contributed by atoms with Crippen LogP contribution in [0.15, 0.2) is 35.1 Å². The fourth-order valence-corrected chi connectivity index (χ4v) is 1.03. The fourth-order valence-electron chi connectivity index (χ4n) is 1.03.